The number of fused-ring (bicyclic) bond motifs is 1. The summed E-state index contributed by atoms with van der Waals surface area (Å²) >= 11 is 0. The summed E-state index contributed by atoms with van der Waals surface area (Å²) < 4.78 is 11.1. The Labute approximate surface area is 141 Å². The van der Waals surface area contributed by atoms with Gasteiger partial charge in [0.05, 0.1) is 20.3 Å². The molecule has 5 heteroatoms. The van der Waals surface area contributed by atoms with E-state index in [1.807, 2.05) is 30.3 Å². The van der Waals surface area contributed by atoms with Gasteiger partial charge < -0.3 is 14.8 Å². The minimum Gasteiger partial charge on any atom is -0.496 e. The van der Waals surface area contributed by atoms with Crippen molar-refractivity contribution in [3.63, 3.8) is 0 Å². The monoisotopic (exact) mass is 324 g/mol. The fraction of sp³-hybridized carbons (Fsp3) is 0.316. The molecule has 2 aliphatic heterocycles. The first-order valence-corrected chi connectivity index (χ1v) is 8.15. The highest BCUT2D eigenvalue weighted by Gasteiger charge is 2.43. The molecule has 2 saturated heterocycles. The number of ether oxygens (including phenoxy) is 2. The summed E-state index contributed by atoms with van der Waals surface area (Å²) in [5.41, 5.74) is 3.22. The van der Waals surface area contributed by atoms with E-state index in [9.17, 15) is 4.79 Å². The average Bonchev–Trinajstić information content (AvgIpc) is 2.99. The average molecular weight is 324 g/mol. The van der Waals surface area contributed by atoms with Crippen molar-refractivity contribution in [3.8, 4) is 16.9 Å². The van der Waals surface area contributed by atoms with E-state index >= 15 is 0 Å². The first kappa shape index (κ1) is 15.2. The number of nitrogens with one attached hydrogen (secondary N) is 1. The molecule has 0 radical (unpaired) electrons. The number of morpholine rings is 1. The second kappa shape index (κ2) is 6.26. The van der Waals surface area contributed by atoms with E-state index in [1.165, 1.54) is 0 Å². The van der Waals surface area contributed by atoms with Crippen LogP contribution in [0, 0.1) is 0 Å². The molecule has 0 bridgehead atoms. The maximum Gasteiger partial charge on any atom is 0.241 e. The van der Waals surface area contributed by atoms with Gasteiger partial charge in [-0.15, -0.1) is 0 Å². The third-order valence-corrected chi connectivity index (χ3v) is 4.72. The van der Waals surface area contributed by atoms with Crippen molar-refractivity contribution >= 4 is 5.91 Å². The molecule has 24 heavy (non-hydrogen) atoms. The van der Waals surface area contributed by atoms with Crippen LogP contribution in [0.1, 0.15) is 11.7 Å². The Hall–Kier alpha value is -2.37. The molecule has 2 unspecified atom stereocenters. The quantitative estimate of drug-likeness (QED) is 0.940. The van der Waals surface area contributed by atoms with Gasteiger partial charge in [0.2, 0.25) is 5.91 Å². The van der Waals surface area contributed by atoms with E-state index in [0.717, 1.165) is 29.0 Å². The van der Waals surface area contributed by atoms with Crippen LogP contribution in [-0.4, -0.2) is 43.7 Å². The van der Waals surface area contributed by atoms with Crippen LogP contribution in [0.25, 0.3) is 11.1 Å². The van der Waals surface area contributed by atoms with Gasteiger partial charge in [-0.2, -0.15) is 0 Å². The standard InChI is InChI=1S/C19H20N2O3/c1-23-17-11-14(13-5-3-2-4-6-13)7-8-15(17)18-20-19(22)16-12-24-10-9-21(16)18/h2-8,11,16,18H,9-10,12H2,1H3,(H,20,22). The molecule has 0 aromatic heterocycles. The Morgan fingerprint density at radius 2 is 2.00 bits per heavy atom. The lowest BCUT2D eigenvalue weighted by Gasteiger charge is -2.32. The number of carbonyl (C=O) groups is 1. The number of rotatable bonds is 3. The number of hydrogen-bond donors (Lipinski definition) is 1. The molecule has 124 valence electrons. The molecule has 4 rings (SSSR count). The third-order valence-electron chi connectivity index (χ3n) is 4.72. The molecule has 1 N–H and O–H groups in total. The van der Waals surface area contributed by atoms with Crippen LogP contribution in [0.4, 0.5) is 0 Å². The second-order valence-corrected chi connectivity index (χ2v) is 6.06. The van der Waals surface area contributed by atoms with Crippen molar-refractivity contribution in [1.82, 2.24) is 10.2 Å². The zero-order chi connectivity index (χ0) is 16.5. The van der Waals surface area contributed by atoms with Gasteiger partial charge in [-0.05, 0) is 17.2 Å². The number of methoxy groups -OCH3 is 1. The predicted octanol–water partition coefficient (Wildman–Crippen LogP) is 2.19. The first-order chi connectivity index (χ1) is 11.8. The zero-order valence-electron chi connectivity index (χ0n) is 13.6. The van der Waals surface area contributed by atoms with E-state index in [1.54, 1.807) is 7.11 Å². The first-order valence-electron chi connectivity index (χ1n) is 8.15. The summed E-state index contributed by atoms with van der Waals surface area (Å²) in [4.78, 5) is 14.4. The molecule has 1 amide bonds. The van der Waals surface area contributed by atoms with E-state index in [0.29, 0.717) is 13.2 Å². The van der Waals surface area contributed by atoms with Crippen molar-refractivity contribution in [2.24, 2.45) is 0 Å². The maximum absolute atomic E-state index is 12.2. The largest absolute Gasteiger partial charge is 0.496 e. The number of carbonyl (C=O) groups excluding carboxylic acids is 1. The lowest BCUT2D eigenvalue weighted by atomic mass is 10.0. The second-order valence-electron chi connectivity index (χ2n) is 6.06. The van der Waals surface area contributed by atoms with Crippen LogP contribution in [0.3, 0.4) is 0 Å². The van der Waals surface area contributed by atoms with Crippen LogP contribution in [0.2, 0.25) is 0 Å². The van der Waals surface area contributed by atoms with Gasteiger partial charge in [0.15, 0.2) is 0 Å². The van der Waals surface area contributed by atoms with Crippen molar-refractivity contribution < 1.29 is 14.3 Å². The minimum absolute atomic E-state index is 0.0221. The van der Waals surface area contributed by atoms with Gasteiger partial charge in [-0.1, -0.05) is 42.5 Å². The Morgan fingerprint density at radius 1 is 1.17 bits per heavy atom. The van der Waals surface area contributed by atoms with Gasteiger partial charge in [0.25, 0.3) is 0 Å². The smallest absolute Gasteiger partial charge is 0.241 e. The normalized spacial score (nSPS) is 23.6. The Bertz CT molecular complexity index is 748. The highest BCUT2D eigenvalue weighted by Crippen LogP contribution is 2.36. The summed E-state index contributed by atoms with van der Waals surface area (Å²) in [6.45, 7) is 1.83. The van der Waals surface area contributed by atoms with E-state index < -0.39 is 0 Å². The van der Waals surface area contributed by atoms with E-state index in [-0.39, 0.29) is 18.1 Å². The van der Waals surface area contributed by atoms with Gasteiger partial charge in [-0.3, -0.25) is 9.69 Å². The summed E-state index contributed by atoms with van der Waals surface area (Å²) in [6, 6.07) is 16.1. The van der Waals surface area contributed by atoms with Gasteiger partial charge >= 0.3 is 0 Å². The third kappa shape index (κ3) is 2.56. The van der Waals surface area contributed by atoms with Gasteiger partial charge in [-0.25, -0.2) is 0 Å². The van der Waals surface area contributed by atoms with Crippen molar-refractivity contribution in [2.75, 3.05) is 26.9 Å². The summed E-state index contributed by atoms with van der Waals surface area (Å²) in [5, 5.41) is 3.07. The molecular weight excluding hydrogens is 304 g/mol. The molecule has 2 aliphatic rings. The molecule has 2 atom stereocenters. The van der Waals surface area contributed by atoms with Gasteiger partial charge in [0.1, 0.15) is 18.0 Å². The minimum atomic E-state index is -0.206. The van der Waals surface area contributed by atoms with Crippen LogP contribution in [0.5, 0.6) is 5.75 Å². The fourth-order valence-corrected chi connectivity index (χ4v) is 3.47. The Balaban J connectivity index is 1.69. The Kier molecular flexibility index (Phi) is 3.96. The lowest BCUT2D eigenvalue weighted by Crippen LogP contribution is -2.44. The van der Waals surface area contributed by atoms with E-state index in [2.05, 4.69) is 28.4 Å². The number of benzene rings is 2. The van der Waals surface area contributed by atoms with Crippen LogP contribution < -0.4 is 10.1 Å². The fourth-order valence-electron chi connectivity index (χ4n) is 3.47. The summed E-state index contributed by atoms with van der Waals surface area (Å²) in [6.07, 6.45) is -0.161. The molecule has 0 spiro atoms. The maximum atomic E-state index is 12.2. The topological polar surface area (TPSA) is 50.8 Å². The van der Waals surface area contributed by atoms with E-state index in [4.69, 9.17) is 9.47 Å². The summed E-state index contributed by atoms with van der Waals surface area (Å²) in [7, 11) is 1.67. The van der Waals surface area contributed by atoms with Crippen LogP contribution >= 0.6 is 0 Å². The molecule has 0 aliphatic carbocycles. The summed E-state index contributed by atoms with van der Waals surface area (Å²) in [5.74, 6) is 0.808. The van der Waals surface area contributed by atoms with Gasteiger partial charge in [0, 0.05) is 12.1 Å². The molecule has 2 heterocycles. The highest BCUT2D eigenvalue weighted by molar-refractivity contribution is 5.85. The highest BCUT2D eigenvalue weighted by atomic mass is 16.5. The lowest BCUT2D eigenvalue weighted by molar-refractivity contribution is -0.125. The Morgan fingerprint density at radius 3 is 2.79 bits per heavy atom. The van der Waals surface area contributed by atoms with Crippen molar-refractivity contribution in [2.45, 2.75) is 12.2 Å². The zero-order valence-corrected chi connectivity index (χ0v) is 13.6. The SMILES string of the molecule is COc1cc(-c2ccccc2)ccc1C1NC(=O)C2COCCN21. The predicted molar refractivity (Wildman–Crippen MR) is 90.6 cm³/mol. The molecule has 2 aromatic rings. The molecular formula is C19H20N2O3. The molecule has 0 saturated carbocycles. The number of nitrogens with zero attached hydrogens (tertiary/aromatic N) is 1. The van der Waals surface area contributed by atoms with Crippen molar-refractivity contribution in [1.29, 1.82) is 0 Å². The van der Waals surface area contributed by atoms with Crippen molar-refractivity contribution in [3.05, 3.63) is 54.1 Å². The number of amides is 1. The molecule has 2 aromatic carbocycles. The van der Waals surface area contributed by atoms with Crippen LogP contribution in [-0.2, 0) is 9.53 Å². The molecule has 2 fully saturated rings. The number of hydrogen-bond acceptors (Lipinski definition) is 4. The van der Waals surface area contributed by atoms with Crippen LogP contribution in [0.15, 0.2) is 48.5 Å². The molecule has 5 nitrogen and oxygen atoms in total.